The summed E-state index contributed by atoms with van der Waals surface area (Å²) in [6.45, 7) is 1.54. The smallest absolute Gasteiger partial charge is 0.352 e. The van der Waals surface area contributed by atoms with E-state index >= 15 is 0 Å². The third-order valence-corrected chi connectivity index (χ3v) is 6.05. The number of amidine groups is 1. The third-order valence-electron chi connectivity index (χ3n) is 6.05. The van der Waals surface area contributed by atoms with Gasteiger partial charge in [0.2, 0.25) is 5.91 Å². The maximum absolute atomic E-state index is 12.5. The van der Waals surface area contributed by atoms with Crippen molar-refractivity contribution >= 4 is 45.2 Å². The Morgan fingerprint density at radius 2 is 2.03 bits per heavy atom. The first kappa shape index (κ1) is 18.4. The summed E-state index contributed by atoms with van der Waals surface area (Å²) in [5, 5.41) is 29.3. The molecule has 0 unspecified atom stereocenters. The molecule has 2 aliphatic heterocycles. The molecule has 5 rings (SSSR count). The van der Waals surface area contributed by atoms with Gasteiger partial charge in [0, 0.05) is 10.8 Å². The Labute approximate surface area is 170 Å². The van der Waals surface area contributed by atoms with Crippen LogP contribution in [0.25, 0.3) is 27.5 Å². The average Bonchev–Trinajstić information content (AvgIpc) is 3.22. The van der Waals surface area contributed by atoms with Crippen LogP contribution in [-0.2, 0) is 9.59 Å². The first-order valence-corrected chi connectivity index (χ1v) is 9.57. The van der Waals surface area contributed by atoms with Gasteiger partial charge in [-0.2, -0.15) is 0 Å². The van der Waals surface area contributed by atoms with Crippen LogP contribution in [0.5, 0.6) is 0 Å². The van der Waals surface area contributed by atoms with Crippen LogP contribution in [0.1, 0.15) is 24.5 Å². The molecular formula is C22H19N3O5. The highest BCUT2D eigenvalue weighted by Gasteiger charge is 2.56. The van der Waals surface area contributed by atoms with Crippen LogP contribution in [0.3, 0.4) is 0 Å². The fraction of sp³-hybridized carbons (Fsp3) is 0.227. The zero-order chi connectivity index (χ0) is 21.3. The summed E-state index contributed by atoms with van der Waals surface area (Å²) in [5.74, 6) is -2.41. The van der Waals surface area contributed by atoms with Gasteiger partial charge in [0.15, 0.2) is 0 Å². The van der Waals surface area contributed by atoms with E-state index in [0.717, 1.165) is 10.8 Å². The number of carbonyl (C=O) groups excluding carboxylic acids is 1. The molecule has 2 aliphatic rings. The number of amides is 1. The molecule has 3 aromatic rings. The van der Waals surface area contributed by atoms with Crippen molar-refractivity contribution in [2.24, 2.45) is 11.7 Å². The van der Waals surface area contributed by atoms with Crippen LogP contribution < -0.4 is 5.73 Å². The lowest BCUT2D eigenvalue weighted by molar-refractivity contribution is -0.161. The summed E-state index contributed by atoms with van der Waals surface area (Å²) in [5.41, 5.74) is 8.25. The zero-order valence-corrected chi connectivity index (χ0v) is 16.0. The van der Waals surface area contributed by atoms with E-state index in [4.69, 9.17) is 15.6 Å². The Bertz CT molecular complexity index is 1300. The fourth-order valence-electron chi connectivity index (χ4n) is 4.73. The number of nitrogen functional groups attached to an aromatic ring is 1. The van der Waals surface area contributed by atoms with E-state index in [1.54, 1.807) is 6.07 Å². The van der Waals surface area contributed by atoms with Gasteiger partial charge in [0.1, 0.15) is 22.7 Å². The monoisotopic (exact) mass is 405 g/mol. The number of para-hydroxylation sites is 1. The van der Waals surface area contributed by atoms with Crippen molar-refractivity contribution in [3.8, 4) is 0 Å². The summed E-state index contributed by atoms with van der Waals surface area (Å²) < 4.78 is 5.91. The molecule has 2 aromatic carbocycles. The number of carboxylic acid groups (broad SMARTS) is 1. The number of fused-ring (bicyclic) bond motifs is 4. The Morgan fingerprint density at radius 3 is 2.70 bits per heavy atom. The second-order valence-corrected chi connectivity index (χ2v) is 7.79. The number of furan rings is 1. The fourth-order valence-corrected chi connectivity index (χ4v) is 4.73. The van der Waals surface area contributed by atoms with Crippen LogP contribution in [0.2, 0.25) is 0 Å². The summed E-state index contributed by atoms with van der Waals surface area (Å²) in [7, 11) is 0. The normalized spacial score (nSPS) is 21.8. The predicted octanol–water partition coefficient (Wildman–Crippen LogP) is 2.28. The molecule has 30 heavy (non-hydrogen) atoms. The van der Waals surface area contributed by atoms with Gasteiger partial charge in [-0.15, -0.1) is 0 Å². The topological polar surface area (TPSA) is 141 Å². The van der Waals surface area contributed by atoms with Crippen LogP contribution in [-0.4, -0.2) is 45.0 Å². The SMILES string of the molecule is C[C@@H](O)[C@H]1C(=O)N2C(C(=O)O)=C(c3cc(C(=N)N)c4oc5ccccc5c4c3)C[C@H]12. The van der Waals surface area contributed by atoms with E-state index in [0.29, 0.717) is 34.3 Å². The van der Waals surface area contributed by atoms with Gasteiger partial charge in [0.05, 0.1) is 23.6 Å². The molecule has 5 N–H and O–H groups in total. The highest BCUT2D eigenvalue weighted by atomic mass is 16.4. The largest absolute Gasteiger partial charge is 0.477 e. The van der Waals surface area contributed by atoms with Crippen molar-refractivity contribution in [1.82, 2.24) is 4.90 Å². The van der Waals surface area contributed by atoms with Crippen molar-refractivity contribution < 1.29 is 24.2 Å². The van der Waals surface area contributed by atoms with Crippen LogP contribution in [0.15, 0.2) is 46.5 Å². The van der Waals surface area contributed by atoms with Gasteiger partial charge >= 0.3 is 5.97 Å². The summed E-state index contributed by atoms with van der Waals surface area (Å²) >= 11 is 0. The molecule has 0 bridgehead atoms. The number of aliphatic hydroxyl groups excluding tert-OH is 1. The summed E-state index contributed by atoms with van der Waals surface area (Å²) in [4.78, 5) is 25.8. The van der Waals surface area contributed by atoms with Crippen LogP contribution in [0.4, 0.5) is 0 Å². The highest BCUT2D eigenvalue weighted by Crippen LogP contribution is 2.47. The minimum Gasteiger partial charge on any atom is -0.477 e. The average molecular weight is 405 g/mol. The number of benzene rings is 2. The highest BCUT2D eigenvalue weighted by molar-refractivity contribution is 6.15. The maximum Gasteiger partial charge on any atom is 0.352 e. The Morgan fingerprint density at radius 1 is 1.30 bits per heavy atom. The Kier molecular flexibility index (Phi) is 3.78. The first-order valence-electron chi connectivity index (χ1n) is 9.57. The van der Waals surface area contributed by atoms with Crippen molar-refractivity contribution in [2.45, 2.75) is 25.5 Å². The number of nitrogens with zero attached hydrogens (tertiary/aromatic N) is 1. The number of β-lactam (4-membered cyclic amide) rings is 1. The number of aliphatic carboxylic acids is 1. The summed E-state index contributed by atoms with van der Waals surface area (Å²) in [6, 6.07) is 10.5. The van der Waals surface area contributed by atoms with Gasteiger partial charge in [-0.3, -0.25) is 10.2 Å². The Balaban J connectivity index is 1.75. The lowest BCUT2D eigenvalue weighted by Crippen LogP contribution is -2.61. The van der Waals surface area contributed by atoms with Crippen molar-refractivity contribution in [3.63, 3.8) is 0 Å². The van der Waals surface area contributed by atoms with Gasteiger partial charge in [-0.1, -0.05) is 18.2 Å². The molecule has 1 amide bonds. The van der Waals surface area contributed by atoms with E-state index in [-0.39, 0.29) is 17.4 Å². The van der Waals surface area contributed by atoms with Gasteiger partial charge in [0.25, 0.3) is 0 Å². The van der Waals surface area contributed by atoms with E-state index in [1.807, 2.05) is 30.3 Å². The van der Waals surface area contributed by atoms with Crippen molar-refractivity contribution in [1.29, 1.82) is 5.41 Å². The molecule has 152 valence electrons. The molecule has 3 atom stereocenters. The predicted molar refractivity (Wildman–Crippen MR) is 110 cm³/mol. The Hall–Kier alpha value is -3.65. The number of nitrogens with two attached hydrogens (primary N) is 1. The van der Waals surface area contributed by atoms with E-state index in [2.05, 4.69) is 0 Å². The molecule has 0 saturated carbocycles. The lowest BCUT2D eigenvalue weighted by Gasteiger charge is -2.44. The number of carbonyl (C=O) groups is 2. The number of rotatable bonds is 4. The minimum atomic E-state index is -1.20. The number of hydrogen-bond donors (Lipinski definition) is 4. The minimum absolute atomic E-state index is 0.0800. The molecular weight excluding hydrogens is 386 g/mol. The molecule has 0 spiro atoms. The standard InChI is InChI=1S/C22H19N3O5/c1-9(26)17-15-8-12(18(22(28)29)25(15)21(17)27)10-6-13-11-4-2-3-5-16(11)30-19(13)14(7-10)20(23)24/h2-7,9,15,17,26H,8H2,1H3,(H3,23,24)(H,28,29)/t9-,15-,17-/m1/s1. The van der Waals surface area contributed by atoms with Gasteiger partial charge in [-0.25, -0.2) is 4.79 Å². The van der Waals surface area contributed by atoms with Crippen molar-refractivity contribution in [3.05, 3.63) is 53.2 Å². The molecule has 1 saturated heterocycles. The molecule has 1 aromatic heterocycles. The van der Waals surface area contributed by atoms with Crippen LogP contribution >= 0.6 is 0 Å². The van der Waals surface area contributed by atoms with Crippen LogP contribution in [0, 0.1) is 11.3 Å². The quantitative estimate of drug-likeness (QED) is 0.298. The first-order chi connectivity index (χ1) is 14.3. The number of hydrogen-bond acceptors (Lipinski definition) is 5. The van der Waals surface area contributed by atoms with E-state index in [9.17, 15) is 19.8 Å². The third kappa shape index (κ3) is 2.34. The molecule has 8 nitrogen and oxygen atoms in total. The number of aliphatic hydroxyl groups is 1. The van der Waals surface area contributed by atoms with E-state index < -0.39 is 24.0 Å². The number of carboxylic acids is 1. The molecule has 0 radical (unpaired) electrons. The maximum atomic E-state index is 12.5. The molecule has 8 heteroatoms. The molecule has 3 heterocycles. The second-order valence-electron chi connectivity index (χ2n) is 7.79. The van der Waals surface area contributed by atoms with E-state index in [1.165, 1.54) is 11.8 Å². The second kappa shape index (κ2) is 6.17. The lowest BCUT2D eigenvalue weighted by atomic mass is 9.82. The van der Waals surface area contributed by atoms with Gasteiger partial charge < -0.3 is 25.3 Å². The van der Waals surface area contributed by atoms with Gasteiger partial charge in [-0.05, 0) is 42.7 Å². The number of nitrogens with one attached hydrogen (secondary N) is 1. The molecule has 0 aliphatic carbocycles. The zero-order valence-electron chi connectivity index (χ0n) is 16.0. The molecule has 1 fully saturated rings. The summed E-state index contributed by atoms with van der Waals surface area (Å²) in [6.07, 6.45) is -0.553. The van der Waals surface area contributed by atoms with Crippen molar-refractivity contribution in [2.75, 3.05) is 0 Å².